The smallest absolute Gasteiger partial charge is 0.136 e. The molecule has 134 valence electrons. The van der Waals surface area contributed by atoms with Crippen molar-refractivity contribution in [1.82, 2.24) is 9.78 Å². The van der Waals surface area contributed by atoms with Gasteiger partial charge < -0.3 is 9.80 Å². The lowest BCUT2D eigenvalue weighted by Gasteiger charge is -2.33. The lowest BCUT2D eigenvalue weighted by Crippen LogP contribution is -3.13. The Morgan fingerprint density at radius 3 is 2.23 bits per heavy atom. The third-order valence-corrected chi connectivity index (χ3v) is 5.61. The molecule has 5 heteroatoms. The van der Waals surface area contributed by atoms with E-state index in [9.17, 15) is 0 Å². The molecule has 0 bridgehead atoms. The van der Waals surface area contributed by atoms with Crippen LogP contribution in [-0.2, 0) is 13.6 Å². The molecule has 3 aromatic rings. The van der Waals surface area contributed by atoms with E-state index in [4.69, 9.17) is 11.6 Å². The van der Waals surface area contributed by atoms with Gasteiger partial charge in [-0.15, -0.1) is 0 Å². The number of anilines is 1. The van der Waals surface area contributed by atoms with E-state index in [1.807, 2.05) is 25.2 Å². The molecule has 0 spiro atoms. The molecule has 0 saturated carbocycles. The molecule has 1 N–H and O–H groups in total. The maximum atomic E-state index is 6.58. The van der Waals surface area contributed by atoms with Crippen molar-refractivity contribution in [2.75, 3.05) is 31.1 Å². The Morgan fingerprint density at radius 1 is 0.962 bits per heavy atom. The van der Waals surface area contributed by atoms with E-state index >= 15 is 0 Å². The van der Waals surface area contributed by atoms with Crippen LogP contribution in [0.1, 0.15) is 5.56 Å². The number of halogens is 1. The van der Waals surface area contributed by atoms with E-state index in [-0.39, 0.29) is 0 Å². The summed E-state index contributed by atoms with van der Waals surface area (Å²) in [5.74, 6) is 0. The summed E-state index contributed by atoms with van der Waals surface area (Å²) in [6.45, 7) is 5.26. The van der Waals surface area contributed by atoms with Gasteiger partial charge >= 0.3 is 0 Å². The number of benzene rings is 2. The Bertz CT molecular complexity index is 852. The number of hydrogen-bond donors (Lipinski definition) is 1. The first-order valence-electron chi connectivity index (χ1n) is 9.13. The summed E-state index contributed by atoms with van der Waals surface area (Å²) < 4.78 is 1.79. The summed E-state index contributed by atoms with van der Waals surface area (Å²) >= 11 is 6.58. The van der Waals surface area contributed by atoms with Crippen LogP contribution >= 0.6 is 11.6 Å². The van der Waals surface area contributed by atoms with Gasteiger partial charge in [-0.2, -0.15) is 5.10 Å². The van der Waals surface area contributed by atoms with Gasteiger partial charge in [0.05, 0.1) is 31.7 Å². The van der Waals surface area contributed by atoms with Crippen molar-refractivity contribution in [3.8, 4) is 11.3 Å². The van der Waals surface area contributed by atoms with Crippen molar-refractivity contribution in [3.63, 3.8) is 0 Å². The second kappa shape index (κ2) is 7.52. The van der Waals surface area contributed by atoms with Crippen molar-refractivity contribution in [3.05, 3.63) is 71.4 Å². The van der Waals surface area contributed by atoms with E-state index < -0.39 is 0 Å². The quantitative estimate of drug-likeness (QED) is 0.767. The highest BCUT2D eigenvalue weighted by atomic mass is 35.5. The van der Waals surface area contributed by atoms with Gasteiger partial charge in [0.2, 0.25) is 0 Å². The summed E-state index contributed by atoms with van der Waals surface area (Å²) in [5.41, 5.74) is 4.61. The van der Waals surface area contributed by atoms with Crippen molar-refractivity contribution < 1.29 is 4.90 Å². The number of nitrogens with one attached hydrogen (secondary N) is 1. The number of hydrogen-bond acceptors (Lipinski definition) is 2. The number of aryl methyl sites for hydroxylation is 1. The van der Waals surface area contributed by atoms with E-state index in [1.54, 1.807) is 9.58 Å². The molecule has 2 aromatic carbocycles. The molecule has 2 heterocycles. The fourth-order valence-electron chi connectivity index (χ4n) is 3.68. The topological polar surface area (TPSA) is 25.5 Å². The zero-order chi connectivity index (χ0) is 17.9. The summed E-state index contributed by atoms with van der Waals surface area (Å²) in [5, 5.41) is 5.42. The van der Waals surface area contributed by atoms with E-state index in [2.05, 4.69) is 52.5 Å². The minimum absolute atomic E-state index is 0.752. The Hall–Kier alpha value is -2.30. The molecular formula is C21H24ClN4+. The Morgan fingerprint density at radius 2 is 1.58 bits per heavy atom. The van der Waals surface area contributed by atoms with Crippen LogP contribution in [0, 0.1) is 0 Å². The number of rotatable bonds is 4. The maximum Gasteiger partial charge on any atom is 0.136 e. The largest absolute Gasteiger partial charge is 0.360 e. The molecule has 0 atom stereocenters. The predicted octanol–water partition coefficient (Wildman–Crippen LogP) is 2.65. The third kappa shape index (κ3) is 3.48. The lowest BCUT2D eigenvalue weighted by molar-refractivity contribution is -0.914. The molecule has 0 amide bonds. The SMILES string of the molecule is Cn1nc(-c2ccccc2)c(C[NH+]2CCN(c3ccccc3)CC2)c1Cl. The van der Waals surface area contributed by atoms with Gasteiger partial charge in [-0.05, 0) is 12.1 Å². The lowest BCUT2D eigenvalue weighted by atomic mass is 10.1. The van der Waals surface area contributed by atoms with Gasteiger partial charge in [-0.1, -0.05) is 60.1 Å². The zero-order valence-corrected chi connectivity index (χ0v) is 15.8. The number of aromatic nitrogens is 2. The summed E-state index contributed by atoms with van der Waals surface area (Å²) in [6.07, 6.45) is 0. The molecule has 26 heavy (non-hydrogen) atoms. The standard InChI is InChI=1S/C21H23ClN4/c1-24-21(22)19(20(23-24)17-8-4-2-5-9-17)16-25-12-14-26(15-13-25)18-10-6-3-7-11-18/h2-11H,12-16H2,1H3/p+1. The van der Waals surface area contributed by atoms with Crippen LogP contribution in [-0.4, -0.2) is 36.0 Å². The molecule has 0 unspecified atom stereocenters. The average Bonchev–Trinajstić information content (AvgIpc) is 2.98. The molecule has 1 aliphatic rings. The van der Waals surface area contributed by atoms with Crippen molar-refractivity contribution in [2.24, 2.45) is 7.05 Å². The number of para-hydroxylation sites is 1. The highest BCUT2D eigenvalue weighted by Crippen LogP contribution is 2.27. The van der Waals surface area contributed by atoms with Crippen molar-refractivity contribution >= 4 is 17.3 Å². The highest BCUT2D eigenvalue weighted by molar-refractivity contribution is 6.30. The van der Waals surface area contributed by atoms with Gasteiger partial charge in [0.25, 0.3) is 0 Å². The van der Waals surface area contributed by atoms with Crippen LogP contribution in [0.5, 0.6) is 0 Å². The highest BCUT2D eigenvalue weighted by Gasteiger charge is 2.25. The van der Waals surface area contributed by atoms with Gasteiger partial charge in [-0.3, -0.25) is 4.68 Å². The summed E-state index contributed by atoms with van der Waals surface area (Å²) in [7, 11) is 1.92. The predicted molar refractivity (Wildman–Crippen MR) is 107 cm³/mol. The van der Waals surface area contributed by atoms with Crippen molar-refractivity contribution in [1.29, 1.82) is 0 Å². The second-order valence-electron chi connectivity index (χ2n) is 6.86. The van der Waals surface area contributed by atoms with Crippen LogP contribution in [0.3, 0.4) is 0 Å². The third-order valence-electron chi connectivity index (χ3n) is 5.13. The Balaban J connectivity index is 1.49. The van der Waals surface area contributed by atoms with Gasteiger partial charge in [0.1, 0.15) is 17.4 Å². The molecule has 4 nitrogen and oxygen atoms in total. The van der Waals surface area contributed by atoms with Gasteiger partial charge in [0.15, 0.2) is 0 Å². The fraction of sp³-hybridized carbons (Fsp3) is 0.286. The molecule has 1 aliphatic heterocycles. The molecule has 1 aromatic heterocycles. The Labute approximate surface area is 159 Å². The monoisotopic (exact) mass is 367 g/mol. The molecule has 4 rings (SSSR count). The minimum Gasteiger partial charge on any atom is -0.360 e. The van der Waals surface area contributed by atoms with E-state index in [1.165, 1.54) is 5.69 Å². The van der Waals surface area contributed by atoms with E-state index in [0.29, 0.717) is 0 Å². The van der Waals surface area contributed by atoms with Crippen LogP contribution in [0.4, 0.5) is 5.69 Å². The summed E-state index contributed by atoms with van der Waals surface area (Å²) in [6, 6.07) is 21.0. The van der Waals surface area contributed by atoms with Crippen LogP contribution in [0.25, 0.3) is 11.3 Å². The number of quaternary nitrogens is 1. The molecule has 1 saturated heterocycles. The van der Waals surface area contributed by atoms with Crippen LogP contribution < -0.4 is 9.80 Å². The molecule has 0 aliphatic carbocycles. The van der Waals surface area contributed by atoms with E-state index in [0.717, 1.165) is 54.7 Å². The number of piperazine rings is 1. The summed E-state index contributed by atoms with van der Waals surface area (Å²) in [4.78, 5) is 4.02. The molecule has 0 radical (unpaired) electrons. The molecule has 1 fully saturated rings. The normalized spacial score (nSPS) is 15.4. The maximum absolute atomic E-state index is 6.58. The fourth-order valence-corrected chi connectivity index (χ4v) is 3.87. The Kier molecular flexibility index (Phi) is 4.96. The minimum atomic E-state index is 0.752. The molecular weight excluding hydrogens is 344 g/mol. The van der Waals surface area contributed by atoms with Gasteiger partial charge in [0, 0.05) is 18.3 Å². The van der Waals surface area contributed by atoms with Crippen molar-refractivity contribution in [2.45, 2.75) is 6.54 Å². The second-order valence-corrected chi connectivity index (χ2v) is 7.21. The van der Waals surface area contributed by atoms with Crippen LogP contribution in [0.2, 0.25) is 5.15 Å². The number of nitrogens with zero attached hydrogens (tertiary/aromatic N) is 3. The van der Waals surface area contributed by atoms with Crippen LogP contribution in [0.15, 0.2) is 60.7 Å². The first-order chi connectivity index (χ1) is 12.7. The zero-order valence-electron chi connectivity index (χ0n) is 15.0. The average molecular weight is 368 g/mol. The first kappa shape index (κ1) is 17.1. The van der Waals surface area contributed by atoms with Gasteiger partial charge in [-0.25, -0.2) is 0 Å². The first-order valence-corrected chi connectivity index (χ1v) is 9.50.